The fourth-order valence-electron chi connectivity index (χ4n) is 4.55. The number of halogens is 1. The number of sulfonamides is 1. The fourth-order valence-corrected chi connectivity index (χ4v) is 5.76. The molecule has 214 valence electrons. The van der Waals surface area contributed by atoms with Crippen LogP contribution in [0.2, 0.25) is 5.02 Å². The molecule has 1 unspecified atom stereocenters. The van der Waals surface area contributed by atoms with E-state index in [1.807, 2.05) is 42.5 Å². The Kier molecular flexibility index (Phi) is 8.56. The average molecular weight is 603 g/mol. The van der Waals surface area contributed by atoms with Crippen molar-refractivity contribution >= 4 is 39.3 Å². The Hall–Kier alpha value is -4.67. The first-order valence-electron chi connectivity index (χ1n) is 12.9. The summed E-state index contributed by atoms with van der Waals surface area (Å²) < 4.78 is 35.2. The summed E-state index contributed by atoms with van der Waals surface area (Å²) in [5.41, 5.74) is 3.44. The van der Waals surface area contributed by atoms with E-state index in [9.17, 15) is 18.3 Å². The molecule has 1 atom stereocenters. The van der Waals surface area contributed by atoms with E-state index in [4.69, 9.17) is 21.4 Å². The second kappa shape index (κ2) is 12.5. The Morgan fingerprint density at radius 3 is 2.48 bits per heavy atom. The lowest BCUT2D eigenvalue weighted by atomic mass is 9.91. The number of hydrogen-bond donors (Lipinski definition) is 2. The smallest absolute Gasteiger partial charge is 0.335 e. The molecule has 0 saturated heterocycles. The highest BCUT2D eigenvalue weighted by Crippen LogP contribution is 2.30. The van der Waals surface area contributed by atoms with Crippen molar-refractivity contribution < 1.29 is 23.1 Å². The zero-order valence-corrected chi connectivity index (χ0v) is 24.1. The van der Waals surface area contributed by atoms with Crippen LogP contribution in [-0.2, 0) is 16.6 Å². The number of carboxylic acids is 1. The Labute approximate surface area is 248 Å². The van der Waals surface area contributed by atoms with Gasteiger partial charge in [0, 0.05) is 24.1 Å². The molecule has 0 bridgehead atoms. The van der Waals surface area contributed by atoms with Gasteiger partial charge in [-0.2, -0.15) is 5.10 Å². The van der Waals surface area contributed by atoms with Crippen molar-refractivity contribution in [3.05, 3.63) is 130 Å². The molecule has 9 nitrogen and oxygen atoms in total. The van der Waals surface area contributed by atoms with E-state index in [-0.39, 0.29) is 28.9 Å². The number of carbonyl (C=O) groups is 1. The lowest BCUT2D eigenvalue weighted by Crippen LogP contribution is -2.41. The van der Waals surface area contributed by atoms with Crippen molar-refractivity contribution in [1.29, 1.82) is 0 Å². The maximum atomic E-state index is 13.4. The molecule has 0 radical (unpaired) electrons. The SMILES string of the molecule is CN=C(NS(=O)(=O)c1cccc(OCc2cccc(C(=O)O)c2)c1)N1CC(c2ccccc2)C(c2ccc(Cl)cc2)=N1. The number of ether oxygens (including phenoxy) is 1. The molecule has 0 fully saturated rings. The van der Waals surface area contributed by atoms with Gasteiger partial charge in [-0.15, -0.1) is 0 Å². The molecule has 2 N–H and O–H groups in total. The van der Waals surface area contributed by atoms with Crippen molar-refractivity contribution in [2.75, 3.05) is 13.6 Å². The Balaban J connectivity index is 1.35. The molecule has 0 amide bonds. The summed E-state index contributed by atoms with van der Waals surface area (Å²) in [7, 11) is -2.57. The number of nitrogens with zero attached hydrogens (tertiary/aromatic N) is 3. The third kappa shape index (κ3) is 6.62. The molecule has 4 aromatic rings. The molecule has 11 heteroatoms. The Morgan fingerprint density at radius 2 is 1.76 bits per heavy atom. The third-order valence-electron chi connectivity index (χ3n) is 6.63. The number of hydrogen-bond acceptors (Lipinski definition) is 6. The molecule has 0 aromatic heterocycles. The molecular weight excluding hydrogens is 576 g/mol. The van der Waals surface area contributed by atoms with Crippen LogP contribution in [-0.4, -0.2) is 49.8 Å². The van der Waals surface area contributed by atoms with Gasteiger partial charge in [0.15, 0.2) is 0 Å². The average Bonchev–Trinajstić information content (AvgIpc) is 3.45. The van der Waals surface area contributed by atoms with Crippen LogP contribution in [0.25, 0.3) is 0 Å². The maximum absolute atomic E-state index is 13.4. The lowest BCUT2D eigenvalue weighted by Gasteiger charge is -2.19. The number of nitrogens with one attached hydrogen (secondary N) is 1. The van der Waals surface area contributed by atoms with Crippen molar-refractivity contribution in [3.63, 3.8) is 0 Å². The topological polar surface area (TPSA) is 121 Å². The molecule has 5 rings (SSSR count). The molecule has 0 aliphatic carbocycles. The second-order valence-electron chi connectivity index (χ2n) is 9.46. The van der Waals surface area contributed by atoms with Gasteiger partial charge in [0.1, 0.15) is 12.4 Å². The fraction of sp³-hybridized carbons (Fsp3) is 0.129. The first kappa shape index (κ1) is 28.8. The minimum atomic E-state index is -4.07. The van der Waals surface area contributed by atoms with Crippen LogP contribution in [0.3, 0.4) is 0 Å². The Morgan fingerprint density at radius 1 is 1.02 bits per heavy atom. The van der Waals surface area contributed by atoms with Crippen LogP contribution < -0.4 is 9.46 Å². The molecule has 0 spiro atoms. The minimum Gasteiger partial charge on any atom is -0.489 e. The number of hydrazone groups is 1. The first-order valence-corrected chi connectivity index (χ1v) is 14.8. The second-order valence-corrected chi connectivity index (χ2v) is 11.6. The number of aliphatic imine (C=N–C) groups is 1. The van der Waals surface area contributed by atoms with E-state index in [2.05, 4.69) is 9.71 Å². The number of rotatable bonds is 8. The largest absolute Gasteiger partial charge is 0.489 e. The highest BCUT2D eigenvalue weighted by molar-refractivity contribution is 7.90. The number of benzene rings is 4. The third-order valence-corrected chi connectivity index (χ3v) is 8.21. The van der Waals surface area contributed by atoms with E-state index in [0.29, 0.717) is 22.9 Å². The summed E-state index contributed by atoms with van der Waals surface area (Å²) >= 11 is 6.11. The molecule has 1 heterocycles. The summed E-state index contributed by atoms with van der Waals surface area (Å²) in [6.45, 7) is 0.437. The van der Waals surface area contributed by atoms with E-state index in [0.717, 1.165) is 16.8 Å². The van der Waals surface area contributed by atoms with Gasteiger partial charge in [-0.3, -0.25) is 4.99 Å². The lowest BCUT2D eigenvalue weighted by molar-refractivity contribution is 0.0696. The zero-order valence-electron chi connectivity index (χ0n) is 22.5. The van der Waals surface area contributed by atoms with Gasteiger partial charge in [0.25, 0.3) is 10.0 Å². The number of carboxylic acid groups (broad SMARTS) is 1. The monoisotopic (exact) mass is 602 g/mol. The van der Waals surface area contributed by atoms with Gasteiger partial charge < -0.3 is 9.84 Å². The highest BCUT2D eigenvalue weighted by Gasteiger charge is 2.33. The van der Waals surface area contributed by atoms with Crippen molar-refractivity contribution in [2.24, 2.45) is 10.1 Å². The highest BCUT2D eigenvalue weighted by atomic mass is 35.5. The van der Waals surface area contributed by atoms with Gasteiger partial charge >= 0.3 is 5.97 Å². The van der Waals surface area contributed by atoms with Crippen molar-refractivity contribution in [3.8, 4) is 5.75 Å². The number of guanidine groups is 1. The number of aromatic carboxylic acids is 1. The molecule has 1 aliphatic heterocycles. The van der Waals surface area contributed by atoms with Crippen LogP contribution in [0, 0.1) is 0 Å². The van der Waals surface area contributed by atoms with Gasteiger partial charge in [-0.25, -0.2) is 22.9 Å². The van der Waals surface area contributed by atoms with Crippen LogP contribution in [0.5, 0.6) is 5.75 Å². The van der Waals surface area contributed by atoms with Crippen LogP contribution >= 0.6 is 11.6 Å². The molecule has 0 saturated carbocycles. The summed E-state index contributed by atoms with van der Waals surface area (Å²) in [5.74, 6) is -0.800. The van der Waals surface area contributed by atoms with Gasteiger partial charge in [0.2, 0.25) is 5.96 Å². The van der Waals surface area contributed by atoms with E-state index < -0.39 is 16.0 Å². The maximum Gasteiger partial charge on any atom is 0.335 e. The first-order chi connectivity index (χ1) is 20.2. The molecule has 4 aromatic carbocycles. The van der Waals surface area contributed by atoms with Crippen LogP contribution in [0.15, 0.2) is 118 Å². The van der Waals surface area contributed by atoms with Gasteiger partial charge in [0.05, 0.1) is 22.7 Å². The summed E-state index contributed by atoms with van der Waals surface area (Å²) in [6, 6.07) is 29.6. The summed E-state index contributed by atoms with van der Waals surface area (Å²) in [4.78, 5) is 15.4. The Bertz CT molecular complexity index is 1760. The minimum absolute atomic E-state index is 0.0267. The van der Waals surface area contributed by atoms with E-state index in [1.165, 1.54) is 31.3 Å². The van der Waals surface area contributed by atoms with Crippen molar-refractivity contribution in [2.45, 2.75) is 17.4 Å². The normalized spacial score (nSPS) is 15.3. The predicted octanol–water partition coefficient (Wildman–Crippen LogP) is 5.39. The quantitative estimate of drug-likeness (QED) is 0.206. The standard InChI is InChI=1S/C31H27ClN4O5S/c1-33-31(36-19-28(22-8-3-2-4-9-22)29(34-36)23-13-15-25(32)16-14-23)35-42(39,40)27-12-6-11-26(18-27)41-20-21-7-5-10-24(17-21)30(37)38/h2-18,28H,19-20H2,1H3,(H,33,35)(H,37,38). The zero-order chi connectivity index (χ0) is 29.7. The van der Waals surface area contributed by atoms with Crippen molar-refractivity contribution in [1.82, 2.24) is 9.73 Å². The van der Waals surface area contributed by atoms with Gasteiger partial charge in [-0.1, -0.05) is 72.3 Å². The van der Waals surface area contributed by atoms with Crippen LogP contribution in [0.4, 0.5) is 0 Å². The molecular formula is C31H27ClN4O5S. The van der Waals surface area contributed by atoms with Gasteiger partial charge in [-0.05, 0) is 53.1 Å². The summed E-state index contributed by atoms with van der Waals surface area (Å²) in [5, 5.41) is 16.1. The summed E-state index contributed by atoms with van der Waals surface area (Å²) in [6.07, 6.45) is 0. The molecule has 1 aliphatic rings. The molecule has 42 heavy (non-hydrogen) atoms. The van der Waals surface area contributed by atoms with Crippen LogP contribution in [0.1, 0.15) is 33.0 Å². The van der Waals surface area contributed by atoms with E-state index in [1.54, 1.807) is 41.4 Å². The predicted molar refractivity (Wildman–Crippen MR) is 162 cm³/mol. The van der Waals surface area contributed by atoms with E-state index >= 15 is 0 Å².